The van der Waals surface area contributed by atoms with Crippen LogP contribution < -0.4 is 10.6 Å². The first-order valence-electron chi connectivity index (χ1n) is 6.72. The zero-order valence-corrected chi connectivity index (χ0v) is 11.4. The Balaban J connectivity index is 2.18. The highest BCUT2D eigenvalue weighted by Gasteiger charge is 2.25. The maximum absolute atomic E-state index is 5.57. The zero-order chi connectivity index (χ0) is 13.0. The molecule has 0 spiro atoms. The van der Waals surface area contributed by atoms with E-state index < -0.39 is 0 Å². The van der Waals surface area contributed by atoms with E-state index in [0.29, 0.717) is 6.04 Å². The lowest BCUT2D eigenvalue weighted by atomic mass is 10.1. The summed E-state index contributed by atoms with van der Waals surface area (Å²) in [5.74, 6) is 1.87. The van der Waals surface area contributed by atoms with Crippen LogP contribution in [-0.4, -0.2) is 35.3 Å². The highest BCUT2D eigenvalue weighted by molar-refractivity contribution is 5.57. The second-order valence-corrected chi connectivity index (χ2v) is 4.55. The van der Waals surface area contributed by atoms with E-state index in [-0.39, 0.29) is 6.10 Å². The minimum Gasteiger partial charge on any atom is -0.376 e. The molecule has 0 radical (unpaired) electrons. The first-order chi connectivity index (χ1) is 8.76. The Bertz CT molecular complexity index is 397. The average molecular weight is 250 g/mol. The van der Waals surface area contributed by atoms with Crippen molar-refractivity contribution >= 4 is 11.6 Å². The standard InChI is InChI=1S/C13H22N4O/c1-4-10-12(14-5-2)15-8-16-13(10)17-11-6-7-18-9(11)3/h8-9,11H,4-7H2,1-3H3,(H2,14,15,16,17). The van der Waals surface area contributed by atoms with Crippen LogP contribution in [-0.2, 0) is 11.2 Å². The molecular formula is C13H22N4O. The normalized spacial score (nSPS) is 23.1. The van der Waals surface area contributed by atoms with E-state index in [2.05, 4.69) is 41.4 Å². The van der Waals surface area contributed by atoms with Crippen molar-refractivity contribution in [2.75, 3.05) is 23.8 Å². The molecule has 0 aromatic carbocycles. The lowest BCUT2D eigenvalue weighted by molar-refractivity contribution is 0.121. The van der Waals surface area contributed by atoms with E-state index in [1.807, 2.05) is 0 Å². The Hall–Kier alpha value is -1.36. The van der Waals surface area contributed by atoms with Crippen molar-refractivity contribution in [3.8, 4) is 0 Å². The summed E-state index contributed by atoms with van der Waals surface area (Å²) < 4.78 is 5.57. The molecule has 0 bridgehead atoms. The lowest BCUT2D eigenvalue weighted by Gasteiger charge is -2.19. The zero-order valence-electron chi connectivity index (χ0n) is 11.4. The van der Waals surface area contributed by atoms with Crippen molar-refractivity contribution in [3.05, 3.63) is 11.9 Å². The maximum atomic E-state index is 5.57. The van der Waals surface area contributed by atoms with E-state index in [1.165, 1.54) is 0 Å². The van der Waals surface area contributed by atoms with Gasteiger partial charge in [-0.15, -0.1) is 0 Å². The van der Waals surface area contributed by atoms with Gasteiger partial charge in [0.2, 0.25) is 0 Å². The summed E-state index contributed by atoms with van der Waals surface area (Å²) in [6.07, 6.45) is 3.80. The molecule has 2 unspecified atom stereocenters. The van der Waals surface area contributed by atoms with Crippen LogP contribution in [0.3, 0.4) is 0 Å². The predicted octanol–water partition coefficient (Wildman–Crippen LogP) is 2.06. The fraction of sp³-hybridized carbons (Fsp3) is 0.692. The van der Waals surface area contributed by atoms with Gasteiger partial charge in [-0.05, 0) is 26.7 Å². The molecule has 0 aliphatic carbocycles. The van der Waals surface area contributed by atoms with Crippen molar-refractivity contribution in [2.45, 2.75) is 45.8 Å². The molecule has 5 heteroatoms. The molecule has 1 aliphatic heterocycles. The summed E-state index contributed by atoms with van der Waals surface area (Å²) in [6, 6.07) is 0.347. The third-order valence-electron chi connectivity index (χ3n) is 3.34. The molecule has 1 fully saturated rings. The highest BCUT2D eigenvalue weighted by atomic mass is 16.5. The molecule has 2 atom stereocenters. The SMILES string of the molecule is CCNc1ncnc(NC2CCOC2C)c1CC. The van der Waals surface area contributed by atoms with Crippen molar-refractivity contribution in [2.24, 2.45) is 0 Å². The van der Waals surface area contributed by atoms with Crippen LogP contribution >= 0.6 is 0 Å². The lowest BCUT2D eigenvalue weighted by Crippen LogP contribution is -2.28. The van der Waals surface area contributed by atoms with E-state index in [4.69, 9.17) is 4.74 Å². The van der Waals surface area contributed by atoms with Gasteiger partial charge in [0.25, 0.3) is 0 Å². The molecule has 0 amide bonds. The third-order valence-corrected chi connectivity index (χ3v) is 3.34. The number of hydrogen-bond acceptors (Lipinski definition) is 5. The van der Waals surface area contributed by atoms with Crippen LogP contribution in [0, 0.1) is 0 Å². The molecule has 5 nitrogen and oxygen atoms in total. The van der Waals surface area contributed by atoms with Gasteiger partial charge in [-0.1, -0.05) is 6.92 Å². The monoisotopic (exact) mass is 250 g/mol. The Morgan fingerprint density at radius 3 is 2.72 bits per heavy atom. The number of hydrogen-bond donors (Lipinski definition) is 2. The fourth-order valence-electron chi connectivity index (χ4n) is 2.29. The Morgan fingerprint density at radius 2 is 2.11 bits per heavy atom. The molecule has 1 aliphatic rings. The van der Waals surface area contributed by atoms with E-state index in [0.717, 1.165) is 43.2 Å². The minimum absolute atomic E-state index is 0.243. The number of nitrogens with zero attached hydrogens (tertiary/aromatic N) is 2. The second-order valence-electron chi connectivity index (χ2n) is 4.55. The van der Waals surface area contributed by atoms with Crippen LogP contribution in [0.5, 0.6) is 0 Å². The van der Waals surface area contributed by atoms with Crippen molar-refractivity contribution in [3.63, 3.8) is 0 Å². The van der Waals surface area contributed by atoms with Gasteiger partial charge in [0.05, 0.1) is 12.1 Å². The molecule has 0 saturated carbocycles. The minimum atomic E-state index is 0.243. The van der Waals surface area contributed by atoms with Gasteiger partial charge in [-0.2, -0.15) is 0 Å². The Morgan fingerprint density at radius 1 is 1.33 bits per heavy atom. The van der Waals surface area contributed by atoms with E-state index >= 15 is 0 Å². The smallest absolute Gasteiger partial charge is 0.135 e. The van der Waals surface area contributed by atoms with Gasteiger partial charge >= 0.3 is 0 Å². The maximum Gasteiger partial charge on any atom is 0.135 e. The van der Waals surface area contributed by atoms with Crippen LogP contribution in [0.1, 0.15) is 32.8 Å². The molecule has 1 saturated heterocycles. The number of aromatic nitrogens is 2. The molecule has 1 aromatic heterocycles. The van der Waals surface area contributed by atoms with Crippen molar-refractivity contribution in [1.82, 2.24) is 9.97 Å². The largest absolute Gasteiger partial charge is 0.376 e. The Labute approximate surface area is 108 Å². The van der Waals surface area contributed by atoms with Gasteiger partial charge in [0.15, 0.2) is 0 Å². The molecule has 2 heterocycles. The van der Waals surface area contributed by atoms with Crippen LogP contribution in [0.15, 0.2) is 6.33 Å². The molecule has 1 aromatic rings. The first-order valence-corrected chi connectivity index (χ1v) is 6.72. The number of ether oxygens (including phenoxy) is 1. The molecule has 18 heavy (non-hydrogen) atoms. The number of rotatable bonds is 5. The van der Waals surface area contributed by atoms with Gasteiger partial charge in [-0.25, -0.2) is 9.97 Å². The topological polar surface area (TPSA) is 59.1 Å². The molecule has 100 valence electrons. The van der Waals surface area contributed by atoms with Crippen LogP contribution in [0.25, 0.3) is 0 Å². The molecule has 2 rings (SSSR count). The molecule has 2 N–H and O–H groups in total. The average Bonchev–Trinajstić information content (AvgIpc) is 2.76. The quantitative estimate of drug-likeness (QED) is 0.837. The number of nitrogens with one attached hydrogen (secondary N) is 2. The summed E-state index contributed by atoms with van der Waals surface area (Å²) in [5.41, 5.74) is 1.15. The Kier molecular flexibility index (Phi) is 4.36. The first kappa shape index (κ1) is 13.1. The molecular weight excluding hydrogens is 228 g/mol. The summed E-state index contributed by atoms with van der Waals surface area (Å²) in [5, 5.41) is 6.77. The summed E-state index contributed by atoms with van der Waals surface area (Å²) in [7, 11) is 0. The predicted molar refractivity (Wildman–Crippen MR) is 73.0 cm³/mol. The summed E-state index contributed by atoms with van der Waals surface area (Å²) in [4.78, 5) is 8.67. The van der Waals surface area contributed by atoms with Gasteiger partial charge < -0.3 is 15.4 Å². The van der Waals surface area contributed by atoms with Gasteiger partial charge in [-0.3, -0.25) is 0 Å². The fourth-order valence-corrected chi connectivity index (χ4v) is 2.29. The van der Waals surface area contributed by atoms with Crippen molar-refractivity contribution < 1.29 is 4.74 Å². The van der Waals surface area contributed by atoms with Crippen LogP contribution in [0.4, 0.5) is 11.6 Å². The summed E-state index contributed by atoms with van der Waals surface area (Å²) >= 11 is 0. The second kappa shape index (κ2) is 6.00. The summed E-state index contributed by atoms with van der Waals surface area (Å²) in [6.45, 7) is 7.99. The highest BCUT2D eigenvalue weighted by Crippen LogP contribution is 2.24. The number of anilines is 2. The van der Waals surface area contributed by atoms with Crippen molar-refractivity contribution in [1.29, 1.82) is 0 Å². The van der Waals surface area contributed by atoms with Gasteiger partial charge in [0.1, 0.15) is 18.0 Å². The van der Waals surface area contributed by atoms with Crippen LogP contribution in [0.2, 0.25) is 0 Å². The third kappa shape index (κ3) is 2.72. The van der Waals surface area contributed by atoms with E-state index in [9.17, 15) is 0 Å². The van der Waals surface area contributed by atoms with Gasteiger partial charge in [0, 0.05) is 18.7 Å². The van der Waals surface area contributed by atoms with E-state index in [1.54, 1.807) is 6.33 Å².